The standard InChI is InChI=1S/C24H31N5O3S/c1-17(30)27-21-6-4-5-18(11-21)12-22-15-26-33(31,32)29(22)16-19-7-8-24-23(13-19)20(14-25-24)9-10-28(2)3/h4-8,11,13-14,22,25-26H,9-10,12,15-16H2,1-3H3,(H,27,30). The van der Waals surface area contributed by atoms with Crippen LogP contribution in [-0.4, -0.2) is 61.7 Å². The summed E-state index contributed by atoms with van der Waals surface area (Å²) in [6.45, 7) is 3.07. The van der Waals surface area contributed by atoms with Crippen LogP contribution < -0.4 is 10.0 Å². The number of carbonyl (C=O) groups excluding carboxylic acids is 1. The van der Waals surface area contributed by atoms with Gasteiger partial charge in [-0.15, -0.1) is 0 Å². The smallest absolute Gasteiger partial charge is 0.280 e. The summed E-state index contributed by atoms with van der Waals surface area (Å²) in [4.78, 5) is 16.8. The van der Waals surface area contributed by atoms with E-state index in [1.807, 2.05) is 42.6 Å². The highest BCUT2D eigenvalue weighted by atomic mass is 32.2. The summed E-state index contributed by atoms with van der Waals surface area (Å²) in [6, 6.07) is 13.4. The first kappa shape index (κ1) is 23.4. The van der Waals surface area contributed by atoms with Gasteiger partial charge in [-0.2, -0.15) is 12.7 Å². The van der Waals surface area contributed by atoms with Crippen LogP contribution in [0.5, 0.6) is 0 Å². The first-order valence-corrected chi connectivity index (χ1v) is 12.5. The van der Waals surface area contributed by atoms with Gasteiger partial charge in [0.25, 0.3) is 10.2 Å². The van der Waals surface area contributed by atoms with Crippen molar-refractivity contribution in [2.45, 2.75) is 32.4 Å². The first-order valence-electron chi connectivity index (χ1n) is 11.1. The molecule has 1 saturated heterocycles. The van der Waals surface area contributed by atoms with E-state index in [0.29, 0.717) is 25.2 Å². The fraction of sp³-hybridized carbons (Fsp3) is 0.375. The van der Waals surface area contributed by atoms with E-state index in [9.17, 15) is 13.2 Å². The second-order valence-corrected chi connectivity index (χ2v) is 10.6. The maximum atomic E-state index is 12.8. The van der Waals surface area contributed by atoms with Crippen LogP contribution in [0.25, 0.3) is 10.9 Å². The van der Waals surface area contributed by atoms with Gasteiger partial charge in [0, 0.05) is 55.4 Å². The lowest BCUT2D eigenvalue weighted by atomic mass is 10.0. The number of hydrogen-bond acceptors (Lipinski definition) is 4. The monoisotopic (exact) mass is 469 g/mol. The summed E-state index contributed by atoms with van der Waals surface area (Å²) in [5.41, 5.74) is 4.93. The Balaban J connectivity index is 1.54. The molecule has 1 fully saturated rings. The number of amides is 1. The summed E-state index contributed by atoms with van der Waals surface area (Å²) in [7, 11) is 0.550. The minimum atomic E-state index is -3.56. The molecule has 2 heterocycles. The number of aromatic amines is 1. The zero-order valence-electron chi connectivity index (χ0n) is 19.3. The van der Waals surface area contributed by atoms with Crippen LogP contribution in [0.2, 0.25) is 0 Å². The first-order chi connectivity index (χ1) is 15.7. The van der Waals surface area contributed by atoms with Gasteiger partial charge in [0.2, 0.25) is 5.91 Å². The molecule has 0 aliphatic carbocycles. The Morgan fingerprint density at radius 1 is 1.18 bits per heavy atom. The molecule has 4 rings (SSSR count). The van der Waals surface area contributed by atoms with E-state index in [0.717, 1.165) is 35.0 Å². The molecule has 1 amide bonds. The number of fused-ring (bicyclic) bond motifs is 1. The minimum Gasteiger partial charge on any atom is -0.361 e. The molecule has 1 aromatic heterocycles. The number of hydrogen-bond donors (Lipinski definition) is 3. The molecule has 1 aliphatic heterocycles. The molecular formula is C24H31N5O3S. The van der Waals surface area contributed by atoms with Gasteiger partial charge in [0.15, 0.2) is 0 Å². The van der Waals surface area contributed by atoms with E-state index in [1.54, 1.807) is 4.31 Å². The van der Waals surface area contributed by atoms with Crippen molar-refractivity contribution in [3.63, 3.8) is 0 Å². The number of aromatic nitrogens is 1. The lowest BCUT2D eigenvalue weighted by molar-refractivity contribution is -0.114. The number of benzene rings is 2. The van der Waals surface area contributed by atoms with Crippen LogP contribution in [0, 0.1) is 0 Å². The van der Waals surface area contributed by atoms with Crippen molar-refractivity contribution in [2.75, 3.05) is 32.5 Å². The Morgan fingerprint density at radius 3 is 2.76 bits per heavy atom. The van der Waals surface area contributed by atoms with E-state index in [2.05, 4.69) is 40.1 Å². The number of H-pyrrole nitrogens is 1. The molecule has 3 aromatic rings. The molecule has 2 aromatic carbocycles. The lowest BCUT2D eigenvalue weighted by Crippen LogP contribution is -2.35. The third-order valence-electron chi connectivity index (χ3n) is 5.93. The average molecular weight is 470 g/mol. The lowest BCUT2D eigenvalue weighted by Gasteiger charge is -2.22. The van der Waals surface area contributed by atoms with Gasteiger partial charge in [-0.1, -0.05) is 18.2 Å². The minimum absolute atomic E-state index is 0.135. The molecule has 0 spiro atoms. The second kappa shape index (κ2) is 9.64. The Labute approximate surface area is 195 Å². The fourth-order valence-electron chi connectivity index (χ4n) is 4.28. The van der Waals surface area contributed by atoms with Crippen LogP contribution in [0.15, 0.2) is 48.7 Å². The van der Waals surface area contributed by atoms with Crippen LogP contribution in [-0.2, 0) is 34.4 Å². The van der Waals surface area contributed by atoms with E-state index in [-0.39, 0.29) is 11.9 Å². The summed E-state index contributed by atoms with van der Waals surface area (Å²) in [5.74, 6) is -0.135. The molecule has 1 unspecified atom stereocenters. The number of nitrogens with zero attached hydrogens (tertiary/aromatic N) is 2. The molecule has 9 heteroatoms. The van der Waals surface area contributed by atoms with E-state index < -0.39 is 10.2 Å². The summed E-state index contributed by atoms with van der Waals surface area (Å²) >= 11 is 0. The third-order valence-corrected chi connectivity index (χ3v) is 7.51. The highest BCUT2D eigenvalue weighted by molar-refractivity contribution is 7.87. The molecule has 1 atom stereocenters. The van der Waals surface area contributed by atoms with Crippen molar-refractivity contribution in [3.05, 3.63) is 65.4 Å². The zero-order valence-corrected chi connectivity index (χ0v) is 20.1. The number of anilines is 1. The van der Waals surface area contributed by atoms with E-state index >= 15 is 0 Å². The molecular weight excluding hydrogens is 438 g/mol. The van der Waals surface area contributed by atoms with E-state index in [4.69, 9.17) is 0 Å². The molecule has 176 valence electrons. The summed E-state index contributed by atoms with van der Waals surface area (Å²) in [5, 5.41) is 3.92. The Morgan fingerprint density at radius 2 is 2.00 bits per heavy atom. The van der Waals surface area contributed by atoms with Gasteiger partial charge in [0.1, 0.15) is 0 Å². The zero-order chi connectivity index (χ0) is 23.6. The molecule has 8 nitrogen and oxygen atoms in total. The predicted molar refractivity (Wildman–Crippen MR) is 131 cm³/mol. The van der Waals surface area contributed by atoms with Crippen LogP contribution >= 0.6 is 0 Å². The highest BCUT2D eigenvalue weighted by Crippen LogP contribution is 2.25. The van der Waals surface area contributed by atoms with Crippen LogP contribution in [0.3, 0.4) is 0 Å². The summed E-state index contributed by atoms with van der Waals surface area (Å²) in [6.07, 6.45) is 3.52. The molecule has 0 bridgehead atoms. The third kappa shape index (κ3) is 5.62. The predicted octanol–water partition coefficient (Wildman–Crippen LogP) is 2.49. The van der Waals surface area contributed by atoms with Gasteiger partial charge in [-0.3, -0.25) is 4.79 Å². The highest BCUT2D eigenvalue weighted by Gasteiger charge is 2.37. The molecule has 3 N–H and O–H groups in total. The van der Waals surface area contributed by atoms with Crippen molar-refractivity contribution in [1.82, 2.24) is 18.9 Å². The largest absolute Gasteiger partial charge is 0.361 e. The molecule has 1 aliphatic rings. The maximum absolute atomic E-state index is 12.8. The average Bonchev–Trinajstić information content (AvgIpc) is 3.27. The maximum Gasteiger partial charge on any atom is 0.280 e. The topological polar surface area (TPSA) is 97.5 Å². The van der Waals surface area contributed by atoms with Gasteiger partial charge in [-0.25, -0.2) is 4.72 Å². The second-order valence-electron chi connectivity index (χ2n) is 8.89. The van der Waals surface area contributed by atoms with Gasteiger partial charge in [0.05, 0.1) is 0 Å². The molecule has 33 heavy (non-hydrogen) atoms. The SMILES string of the molecule is CC(=O)Nc1cccc(CC2CNS(=O)(=O)N2Cc2ccc3[nH]cc(CCN(C)C)c3c2)c1. The number of nitrogens with one attached hydrogen (secondary N) is 3. The number of rotatable bonds is 8. The molecule has 0 radical (unpaired) electrons. The number of carbonyl (C=O) groups is 1. The fourth-order valence-corrected chi connectivity index (χ4v) is 5.71. The van der Waals surface area contributed by atoms with Crippen molar-refractivity contribution < 1.29 is 13.2 Å². The van der Waals surface area contributed by atoms with Crippen LogP contribution in [0.1, 0.15) is 23.6 Å². The van der Waals surface area contributed by atoms with E-state index in [1.165, 1.54) is 12.5 Å². The number of likely N-dealkylation sites (N-methyl/N-ethyl adjacent to an activating group) is 1. The Bertz CT molecular complexity index is 1250. The van der Waals surface area contributed by atoms with Gasteiger partial charge < -0.3 is 15.2 Å². The molecule has 0 saturated carbocycles. The van der Waals surface area contributed by atoms with Gasteiger partial charge in [-0.05, 0) is 67.9 Å². The Kier molecular flexibility index (Phi) is 6.85. The van der Waals surface area contributed by atoms with Crippen molar-refractivity contribution in [3.8, 4) is 0 Å². The van der Waals surface area contributed by atoms with Crippen molar-refractivity contribution >= 4 is 32.7 Å². The normalized spacial score (nSPS) is 18.2. The van der Waals surface area contributed by atoms with Gasteiger partial charge >= 0.3 is 0 Å². The van der Waals surface area contributed by atoms with Crippen molar-refractivity contribution in [2.24, 2.45) is 0 Å². The van der Waals surface area contributed by atoms with Crippen LogP contribution in [0.4, 0.5) is 5.69 Å². The summed E-state index contributed by atoms with van der Waals surface area (Å²) < 4.78 is 29.8. The quantitative estimate of drug-likeness (QED) is 0.472. The Hall–Kier alpha value is -2.72. The van der Waals surface area contributed by atoms with Crippen molar-refractivity contribution in [1.29, 1.82) is 0 Å².